The number of aromatic nitrogens is 1. The number of hydrogen-bond acceptors (Lipinski definition) is 4. The van der Waals surface area contributed by atoms with Gasteiger partial charge in [0.15, 0.2) is 5.96 Å². The Hall–Kier alpha value is -1.26. The molecule has 1 aromatic carbocycles. The van der Waals surface area contributed by atoms with Crippen molar-refractivity contribution in [1.29, 1.82) is 0 Å². The topological polar surface area (TPSA) is 52.6 Å². The predicted octanol–water partition coefficient (Wildman–Crippen LogP) is 4.47. The first-order valence-corrected chi connectivity index (χ1v) is 12.0. The fourth-order valence-corrected chi connectivity index (χ4v) is 4.41. The van der Waals surface area contributed by atoms with Crippen molar-refractivity contribution in [3.05, 3.63) is 51.7 Å². The minimum Gasteiger partial charge on any atom is -0.357 e. The number of likely N-dealkylation sites (tertiary alicyclic amines) is 1. The van der Waals surface area contributed by atoms with Crippen LogP contribution in [0.15, 0.2) is 34.6 Å². The Morgan fingerprint density at radius 3 is 2.58 bits per heavy atom. The number of benzene rings is 1. The molecule has 0 aliphatic carbocycles. The van der Waals surface area contributed by atoms with E-state index >= 15 is 0 Å². The van der Waals surface area contributed by atoms with Crippen molar-refractivity contribution in [2.75, 3.05) is 32.7 Å². The zero-order valence-corrected chi connectivity index (χ0v) is 21.7. The average molecular weight is 560 g/mol. The largest absolute Gasteiger partial charge is 0.357 e. The molecule has 31 heavy (non-hydrogen) atoms. The van der Waals surface area contributed by atoms with Crippen molar-refractivity contribution < 1.29 is 4.39 Å². The maximum Gasteiger partial charge on any atom is 0.191 e. The van der Waals surface area contributed by atoms with Crippen molar-refractivity contribution >= 4 is 41.3 Å². The highest BCUT2D eigenvalue weighted by Gasteiger charge is 2.20. The molecule has 1 saturated heterocycles. The number of guanidine groups is 1. The highest BCUT2D eigenvalue weighted by Crippen LogP contribution is 2.20. The summed E-state index contributed by atoms with van der Waals surface area (Å²) in [6.07, 6.45) is 4.24. The van der Waals surface area contributed by atoms with Gasteiger partial charge in [0.25, 0.3) is 0 Å². The number of nitrogens with zero attached hydrogens (tertiary/aromatic N) is 3. The Kier molecular flexibility index (Phi) is 11.7. The van der Waals surface area contributed by atoms with Crippen molar-refractivity contribution in [1.82, 2.24) is 20.5 Å². The number of thiazole rings is 1. The lowest BCUT2D eigenvalue weighted by Gasteiger charge is -2.30. The van der Waals surface area contributed by atoms with Crippen LogP contribution in [0.5, 0.6) is 0 Å². The minimum absolute atomic E-state index is 0. The molecule has 172 valence electrons. The standard InChI is InChI=1S/C23H34FN5S.HI/c1-3-22-28-21(17-30-22)16-29-13-10-19(11-14-29)15-27-23(25-4-2)26-12-9-18-5-7-20(24)8-6-18;/h5-8,17,19H,3-4,9-16H2,1-2H3,(H2,25,26,27);1H. The van der Waals surface area contributed by atoms with Gasteiger partial charge in [-0.25, -0.2) is 9.37 Å². The molecule has 0 amide bonds. The second-order valence-electron chi connectivity index (χ2n) is 7.83. The van der Waals surface area contributed by atoms with Gasteiger partial charge in [0.2, 0.25) is 0 Å². The molecule has 1 aliphatic heterocycles. The lowest BCUT2D eigenvalue weighted by molar-refractivity contribution is 0.179. The van der Waals surface area contributed by atoms with Gasteiger partial charge in [0.05, 0.1) is 10.7 Å². The predicted molar refractivity (Wildman–Crippen MR) is 139 cm³/mol. The lowest BCUT2D eigenvalue weighted by atomic mass is 9.97. The SMILES string of the molecule is CCNC(=NCC1CCN(Cc2csc(CC)n2)CC1)NCCc1ccc(F)cc1.I. The van der Waals surface area contributed by atoms with E-state index in [2.05, 4.69) is 34.8 Å². The van der Waals surface area contributed by atoms with Crippen molar-refractivity contribution in [3.8, 4) is 0 Å². The Bertz CT molecular complexity index is 788. The van der Waals surface area contributed by atoms with Gasteiger partial charge in [0, 0.05) is 31.6 Å². The summed E-state index contributed by atoms with van der Waals surface area (Å²) in [7, 11) is 0. The number of piperidine rings is 1. The lowest BCUT2D eigenvalue weighted by Crippen LogP contribution is -2.39. The molecule has 3 rings (SSSR count). The molecular formula is C23H35FIN5S. The normalized spacial score (nSPS) is 15.5. The maximum atomic E-state index is 13.0. The average Bonchev–Trinajstić information content (AvgIpc) is 3.22. The highest BCUT2D eigenvalue weighted by molar-refractivity contribution is 14.0. The smallest absolute Gasteiger partial charge is 0.191 e. The molecule has 0 unspecified atom stereocenters. The fraction of sp³-hybridized carbons (Fsp3) is 0.565. The fourth-order valence-electron chi connectivity index (χ4n) is 3.68. The quantitative estimate of drug-likeness (QED) is 0.271. The van der Waals surface area contributed by atoms with E-state index in [0.29, 0.717) is 5.92 Å². The van der Waals surface area contributed by atoms with Crippen LogP contribution in [0.4, 0.5) is 4.39 Å². The number of halogens is 2. The summed E-state index contributed by atoms with van der Waals surface area (Å²) in [5, 5.41) is 10.2. The Morgan fingerprint density at radius 1 is 1.19 bits per heavy atom. The third-order valence-electron chi connectivity index (χ3n) is 5.47. The molecule has 0 radical (unpaired) electrons. The summed E-state index contributed by atoms with van der Waals surface area (Å²) in [4.78, 5) is 12.0. The van der Waals surface area contributed by atoms with E-state index in [9.17, 15) is 4.39 Å². The second kappa shape index (κ2) is 14.0. The maximum absolute atomic E-state index is 13.0. The summed E-state index contributed by atoms with van der Waals surface area (Å²) < 4.78 is 13.0. The van der Waals surface area contributed by atoms with E-state index < -0.39 is 0 Å². The number of aliphatic imine (C=N–C) groups is 1. The van der Waals surface area contributed by atoms with Gasteiger partial charge in [-0.1, -0.05) is 19.1 Å². The van der Waals surface area contributed by atoms with Crippen LogP contribution in [0, 0.1) is 11.7 Å². The molecule has 1 aliphatic rings. The van der Waals surface area contributed by atoms with E-state index in [1.165, 1.54) is 35.7 Å². The Balaban J connectivity index is 0.00000341. The molecule has 1 fully saturated rings. The zero-order chi connectivity index (χ0) is 21.2. The number of hydrogen-bond donors (Lipinski definition) is 2. The number of nitrogens with one attached hydrogen (secondary N) is 2. The summed E-state index contributed by atoms with van der Waals surface area (Å²) in [6.45, 7) is 9.93. The first kappa shape index (κ1) is 26.0. The van der Waals surface area contributed by atoms with Crippen LogP contribution < -0.4 is 10.6 Å². The first-order chi connectivity index (χ1) is 14.7. The van der Waals surface area contributed by atoms with E-state index in [0.717, 1.165) is 63.6 Å². The molecule has 2 heterocycles. The number of aryl methyl sites for hydroxylation is 1. The third-order valence-corrected chi connectivity index (χ3v) is 6.51. The van der Waals surface area contributed by atoms with Gasteiger partial charge in [-0.2, -0.15) is 0 Å². The van der Waals surface area contributed by atoms with Crippen LogP contribution in [0.3, 0.4) is 0 Å². The zero-order valence-electron chi connectivity index (χ0n) is 18.6. The molecular weight excluding hydrogens is 524 g/mol. The number of rotatable bonds is 9. The van der Waals surface area contributed by atoms with Gasteiger partial charge in [0.1, 0.15) is 5.82 Å². The summed E-state index contributed by atoms with van der Waals surface area (Å²) >= 11 is 1.77. The molecule has 1 aromatic heterocycles. The van der Waals surface area contributed by atoms with Crippen LogP contribution in [0.25, 0.3) is 0 Å². The van der Waals surface area contributed by atoms with Gasteiger partial charge >= 0.3 is 0 Å². The molecule has 2 N–H and O–H groups in total. The monoisotopic (exact) mass is 559 g/mol. The Morgan fingerprint density at radius 2 is 1.94 bits per heavy atom. The van der Waals surface area contributed by atoms with Gasteiger partial charge in [-0.15, -0.1) is 35.3 Å². The van der Waals surface area contributed by atoms with E-state index in [1.54, 1.807) is 11.3 Å². The van der Waals surface area contributed by atoms with E-state index in [-0.39, 0.29) is 29.8 Å². The minimum atomic E-state index is -0.190. The van der Waals surface area contributed by atoms with Crippen molar-refractivity contribution in [2.45, 2.75) is 46.1 Å². The second-order valence-corrected chi connectivity index (χ2v) is 8.77. The summed E-state index contributed by atoms with van der Waals surface area (Å²) in [5.74, 6) is 1.32. The Labute approximate surface area is 207 Å². The van der Waals surface area contributed by atoms with Gasteiger partial charge in [-0.3, -0.25) is 9.89 Å². The molecule has 8 heteroatoms. The van der Waals surface area contributed by atoms with Crippen molar-refractivity contribution in [3.63, 3.8) is 0 Å². The van der Waals surface area contributed by atoms with Crippen LogP contribution in [0.2, 0.25) is 0 Å². The van der Waals surface area contributed by atoms with E-state index in [1.807, 2.05) is 12.1 Å². The first-order valence-electron chi connectivity index (χ1n) is 11.1. The molecule has 5 nitrogen and oxygen atoms in total. The summed E-state index contributed by atoms with van der Waals surface area (Å²) in [5.41, 5.74) is 2.34. The van der Waals surface area contributed by atoms with Crippen molar-refractivity contribution in [2.24, 2.45) is 10.9 Å². The molecule has 0 bridgehead atoms. The van der Waals surface area contributed by atoms with Crippen LogP contribution in [0.1, 0.15) is 43.0 Å². The van der Waals surface area contributed by atoms with Crippen LogP contribution in [-0.4, -0.2) is 48.6 Å². The summed E-state index contributed by atoms with van der Waals surface area (Å²) in [6, 6.07) is 6.70. The van der Waals surface area contributed by atoms with Gasteiger partial charge in [-0.05, 0) is 69.3 Å². The molecule has 2 aromatic rings. The van der Waals surface area contributed by atoms with E-state index in [4.69, 9.17) is 9.98 Å². The van der Waals surface area contributed by atoms with Gasteiger partial charge < -0.3 is 10.6 Å². The highest BCUT2D eigenvalue weighted by atomic mass is 127. The molecule has 0 saturated carbocycles. The molecule has 0 spiro atoms. The van der Waals surface area contributed by atoms with Crippen LogP contribution >= 0.6 is 35.3 Å². The molecule has 0 atom stereocenters. The third kappa shape index (κ3) is 9.02. The van der Waals surface area contributed by atoms with Crippen LogP contribution in [-0.2, 0) is 19.4 Å².